The summed E-state index contributed by atoms with van der Waals surface area (Å²) in [6.07, 6.45) is 4.25. The fourth-order valence-corrected chi connectivity index (χ4v) is 3.52. The Bertz CT molecular complexity index is 693. The third-order valence-corrected chi connectivity index (χ3v) is 4.92. The number of nitrogens with one attached hydrogen (secondary N) is 2. The number of hydrogen-bond acceptors (Lipinski definition) is 3. The first-order valence-electron chi connectivity index (χ1n) is 8.42. The Morgan fingerprint density at radius 2 is 1.92 bits per heavy atom. The van der Waals surface area contributed by atoms with Gasteiger partial charge in [0.2, 0.25) is 5.91 Å². The van der Waals surface area contributed by atoms with Crippen LogP contribution in [-0.4, -0.2) is 34.8 Å². The molecular weight excluding hydrogens is 306 g/mol. The van der Waals surface area contributed by atoms with E-state index in [2.05, 4.69) is 10.6 Å². The van der Waals surface area contributed by atoms with E-state index < -0.39 is 11.6 Å². The zero-order valence-corrected chi connectivity index (χ0v) is 14.1. The summed E-state index contributed by atoms with van der Waals surface area (Å²) in [5.41, 5.74) is 1.90. The number of anilines is 1. The summed E-state index contributed by atoms with van der Waals surface area (Å²) < 4.78 is 0. The van der Waals surface area contributed by atoms with Crippen LogP contribution in [0.25, 0.3) is 0 Å². The third kappa shape index (κ3) is 3.00. The first kappa shape index (κ1) is 16.5. The van der Waals surface area contributed by atoms with Crippen molar-refractivity contribution in [3.63, 3.8) is 0 Å². The molecule has 24 heavy (non-hydrogen) atoms. The molecule has 0 radical (unpaired) electrons. The standard InChI is InChI=1S/C18H23N3O3/c1-12-6-7-13(2)14(10-12)19-15(22)11-21-16(23)18(20-17(21)24)8-4-3-5-9-18/h6-7,10H,3-5,8-9,11H2,1-2H3,(H,19,22)(H,20,24). The minimum Gasteiger partial charge on any atom is -0.324 e. The Hall–Kier alpha value is -2.37. The highest BCUT2D eigenvalue weighted by molar-refractivity contribution is 6.10. The highest BCUT2D eigenvalue weighted by Gasteiger charge is 2.51. The van der Waals surface area contributed by atoms with Gasteiger partial charge in [0.25, 0.3) is 5.91 Å². The molecule has 0 aromatic heterocycles. The average Bonchev–Trinajstić information content (AvgIpc) is 2.76. The van der Waals surface area contributed by atoms with Gasteiger partial charge in [-0.05, 0) is 43.9 Å². The molecule has 1 aromatic carbocycles. The molecule has 1 saturated carbocycles. The van der Waals surface area contributed by atoms with Crippen LogP contribution in [-0.2, 0) is 9.59 Å². The molecule has 1 aromatic rings. The Morgan fingerprint density at radius 3 is 2.62 bits per heavy atom. The van der Waals surface area contributed by atoms with Crippen LogP contribution in [0.1, 0.15) is 43.2 Å². The van der Waals surface area contributed by atoms with Crippen molar-refractivity contribution < 1.29 is 14.4 Å². The van der Waals surface area contributed by atoms with Gasteiger partial charge in [0, 0.05) is 5.69 Å². The highest BCUT2D eigenvalue weighted by atomic mass is 16.2. The number of imide groups is 1. The molecule has 1 aliphatic carbocycles. The van der Waals surface area contributed by atoms with Crippen molar-refractivity contribution in [2.45, 2.75) is 51.5 Å². The van der Waals surface area contributed by atoms with Crippen LogP contribution in [0.3, 0.4) is 0 Å². The summed E-state index contributed by atoms with van der Waals surface area (Å²) >= 11 is 0. The lowest BCUT2D eigenvalue weighted by molar-refractivity contribution is -0.134. The molecule has 6 heteroatoms. The minimum absolute atomic E-state index is 0.250. The first-order chi connectivity index (χ1) is 11.4. The van der Waals surface area contributed by atoms with Crippen molar-refractivity contribution in [1.82, 2.24) is 10.2 Å². The largest absolute Gasteiger partial charge is 0.325 e. The number of benzene rings is 1. The van der Waals surface area contributed by atoms with Gasteiger partial charge in [-0.3, -0.25) is 14.5 Å². The number of urea groups is 1. The molecule has 1 saturated heterocycles. The van der Waals surface area contributed by atoms with E-state index >= 15 is 0 Å². The molecule has 6 nitrogen and oxygen atoms in total. The smallest absolute Gasteiger partial charge is 0.324 e. The van der Waals surface area contributed by atoms with Crippen LogP contribution in [0, 0.1) is 13.8 Å². The van der Waals surface area contributed by atoms with Crippen molar-refractivity contribution in [3.8, 4) is 0 Å². The molecule has 3 rings (SSSR count). The van der Waals surface area contributed by atoms with Gasteiger partial charge in [-0.2, -0.15) is 0 Å². The summed E-state index contributed by atoms with van der Waals surface area (Å²) in [6.45, 7) is 3.60. The summed E-state index contributed by atoms with van der Waals surface area (Å²) in [5, 5.41) is 5.61. The molecule has 0 unspecified atom stereocenters. The van der Waals surface area contributed by atoms with E-state index in [1.165, 1.54) is 0 Å². The Morgan fingerprint density at radius 1 is 1.21 bits per heavy atom. The fraction of sp³-hybridized carbons (Fsp3) is 0.500. The quantitative estimate of drug-likeness (QED) is 0.836. The molecule has 4 amide bonds. The zero-order chi connectivity index (χ0) is 17.3. The summed E-state index contributed by atoms with van der Waals surface area (Å²) in [7, 11) is 0. The van der Waals surface area contributed by atoms with Crippen LogP contribution in [0.2, 0.25) is 0 Å². The maximum Gasteiger partial charge on any atom is 0.325 e. The Labute approximate surface area is 141 Å². The Balaban J connectivity index is 1.69. The predicted molar refractivity (Wildman–Crippen MR) is 90.6 cm³/mol. The zero-order valence-electron chi connectivity index (χ0n) is 14.1. The van der Waals surface area contributed by atoms with Gasteiger partial charge < -0.3 is 10.6 Å². The van der Waals surface area contributed by atoms with Crippen LogP contribution < -0.4 is 10.6 Å². The van der Waals surface area contributed by atoms with Crippen LogP contribution in [0.15, 0.2) is 18.2 Å². The van der Waals surface area contributed by atoms with E-state index in [1.807, 2.05) is 32.0 Å². The van der Waals surface area contributed by atoms with Crippen molar-refractivity contribution >= 4 is 23.5 Å². The van der Waals surface area contributed by atoms with E-state index in [1.54, 1.807) is 0 Å². The van der Waals surface area contributed by atoms with Crippen LogP contribution in [0.4, 0.5) is 10.5 Å². The second-order valence-corrected chi connectivity index (χ2v) is 6.83. The normalized spacial score (nSPS) is 19.5. The molecule has 0 bridgehead atoms. The lowest BCUT2D eigenvalue weighted by atomic mass is 9.82. The minimum atomic E-state index is -0.783. The average molecular weight is 329 g/mol. The predicted octanol–water partition coefficient (Wildman–Crippen LogP) is 2.50. The number of rotatable bonds is 3. The second kappa shape index (κ2) is 6.26. The number of nitrogens with zero attached hydrogens (tertiary/aromatic N) is 1. The summed E-state index contributed by atoms with van der Waals surface area (Å²) in [4.78, 5) is 38.2. The van der Waals surface area contributed by atoms with Crippen molar-refractivity contribution in [1.29, 1.82) is 0 Å². The lowest BCUT2D eigenvalue weighted by Gasteiger charge is -2.30. The summed E-state index contributed by atoms with van der Waals surface area (Å²) in [6, 6.07) is 5.31. The number of hydrogen-bond donors (Lipinski definition) is 2. The van der Waals surface area contributed by atoms with Crippen molar-refractivity contribution in [2.24, 2.45) is 0 Å². The Kier molecular flexibility index (Phi) is 4.30. The lowest BCUT2D eigenvalue weighted by Crippen LogP contribution is -2.48. The topological polar surface area (TPSA) is 78.5 Å². The number of carbonyl (C=O) groups excluding carboxylic acids is 3. The number of aryl methyl sites for hydroxylation is 2. The second-order valence-electron chi connectivity index (χ2n) is 6.83. The molecule has 2 aliphatic rings. The van der Waals surface area contributed by atoms with Crippen LogP contribution >= 0.6 is 0 Å². The SMILES string of the molecule is Cc1ccc(C)c(NC(=O)CN2C(=O)NC3(CCCCC3)C2=O)c1. The van der Waals surface area contributed by atoms with Gasteiger partial charge in [0.15, 0.2) is 0 Å². The van der Waals surface area contributed by atoms with E-state index in [9.17, 15) is 14.4 Å². The van der Waals surface area contributed by atoms with Gasteiger partial charge in [-0.25, -0.2) is 4.79 Å². The van der Waals surface area contributed by atoms with Gasteiger partial charge in [0.05, 0.1) is 0 Å². The van der Waals surface area contributed by atoms with Gasteiger partial charge in [-0.1, -0.05) is 31.4 Å². The maximum absolute atomic E-state index is 12.7. The molecule has 128 valence electrons. The third-order valence-electron chi connectivity index (χ3n) is 4.92. The number of carbonyl (C=O) groups is 3. The molecule has 1 heterocycles. The van der Waals surface area contributed by atoms with Crippen molar-refractivity contribution in [2.75, 3.05) is 11.9 Å². The summed E-state index contributed by atoms with van der Waals surface area (Å²) in [5.74, 6) is -0.622. The van der Waals surface area contributed by atoms with Crippen LogP contribution in [0.5, 0.6) is 0 Å². The molecular formula is C18H23N3O3. The van der Waals surface area contributed by atoms with Gasteiger partial charge >= 0.3 is 6.03 Å². The first-order valence-corrected chi connectivity index (χ1v) is 8.42. The molecule has 0 atom stereocenters. The highest BCUT2D eigenvalue weighted by Crippen LogP contribution is 2.33. The van der Waals surface area contributed by atoms with E-state index in [-0.39, 0.29) is 18.4 Å². The monoisotopic (exact) mass is 329 g/mol. The fourth-order valence-electron chi connectivity index (χ4n) is 3.52. The molecule has 1 aliphatic heterocycles. The van der Waals surface area contributed by atoms with Gasteiger partial charge in [0.1, 0.15) is 12.1 Å². The maximum atomic E-state index is 12.7. The van der Waals surface area contributed by atoms with E-state index in [0.29, 0.717) is 18.5 Å². The van der Waals surface area contributed by atoms with Gasteiger partial charge in [-0.15, -0.1) is 0 Å². The molecule has 1 spiro atoms. The van der Waals surface area contributed by atoms with E-state index in [4.69, 9.17) is 0 Å². The molecule has 2 fully saturated rings. The number of amides is 4. The van der Waals surface area contributed by atoms with Crippen molar-refractivity contribution in [3.05, 3.63) is 29.3 Å². The van der Waals surface area contributed by atoms with E-state index in [0.717, 1.165) is 35.3 Å². The molecule has 2 N–H and O–H groups in total.